The molecule has 0 bridgehead atoms. The Bertz CT molecular complexity index is 521. The molecule has 114 valence electrons. The van der Waals surface area contributed by atoms with Gasteiger partial charge in [0.1, 0.15) is 5.82 Å². The molecule has 2 rings (SSSR count). The monoisotopic (exact) mass is 308 g/mol. The highest BCUT2D eigenvalue weighted by Crippen LogP contribution is 2.17. The first-order valence-electron chi connectivity index (χ1n) is 6.87. The fourth-order valence-corrected chi connectivity index (χ4v) is 2.97. The van der Waals surface area contributed by atoms with Gasteiger partial charge in [-0.25, -0.2) is 4.98 Å². The molecule has 1 aromatic rings. The third-order valence-electron chi connectivity index (χ3n) is 3.22. The molecule has 1 fully saturated rings. The number of hydrogen-bond donors (Lipinski definition) is 1. The highest BCUT2D eigenvalue weighted by atomic mass is 32.2. The van der Waals surface area contributed by atoms with Gasteiger partial charge in [-0.05, 0) is 6.07 Å². The lowest BCUT2D eigenvalue weighted by molar-refractivity contribution is -0.121. The molecule has 0 unspecified atom stereocenters. The van der Waals surface area contributed by atoms with E-state index in [9.17, 15) is 9.59 Å². The number of hydrogen-bond acceptors (Lipinski definition) is 5. The van der Waals surface area contributed by atoms with Gasteiger partial charge >= 0.3 is 0 Å². The molecule has 0 radical (unpaired) electrons. The standard InChI is InChI=1S/C14H20N4O2S/c1-17(2)13-11(4-3-6-15-13)10-16-12(19)5-7-18-8-9-21-14(18)20/h3-4,6H,5,7-10H2,1-2H3,(H,16,19). The summed E-state index contributed by atoms with van der Waals surface area (Å²) in [6.45, 7) is 1.68. The summed E-state index contributed by atoms with van der Waals surface area (Å²) in [4.78, 5) is 31.2. The molecule has 7 heteroatoms. The van der Waals surface area contributed by atoms with Crippen LogP contribution >= 0.6 is 11.8 Å². The second-order valence-electron chi connectivity index (χ2n) is 5.01. The van der Waals surface area contributed by atoms with Crippen molar-refractivity contribution in [3.05, 3.63) is 23.9 Å². The zero-order chi connectivity index (χ0) is 15.2. The van der Waals surface area contributed by atoms with Crippen LogP contribution in [0.1, 0.15) is 12.0 Å². The molecule has 1 aromatic heterocycles. The minimum Gasteiger partial charge on any atom is -0.362 e. The average Bonchev–Trinajstić information content (AvgIpc) is 2.88. The van der Waals surface area contributed by atoms with E-state index in [1.54, 1.807) is 11.1 Å². The fraction of sp³-hybridized carbons (Fsp3) is 0.500. The van der Waals surface area contributed by atoms with Crippen molar-refractivity contribution < 1.29 is 9.59 Å². The van der Waals surface area contributed by atoms with Crippen LogP contribution in [-0.4, -0.2) is 54.0 Å². The first kappa shape index (κ1) is 15.6. The quantitative estimate of drug-likeness (QED) is 0.858. The van der Waals surface area contributed by atoms with E-state index in [1.807, 2.05) is 31.1 Å². The van der Waals surface area contributed by atoms with Gasteiger partial charge in [-0.1, -0.05) is 17.8 Å². The Balaban J connectivity index is 1.80. The minimum atomic E-state index is -0.0479. The molecule has 21 heavy (non-hydrogen) atoms. The molecular weight excluding hydrogens is 288 g/mol. The number of thioether (sulfide) groups is 1. The summed E-state index contributed by atoms with van der Waals surface area (Å²) in [7, 11) is 3.84. The molecule has 0 atom stereocenters. The molecule has 0 aliphatic carbocycles. The fourth-order valence-electron chi connectivity index (χ4n) is 2.12. The van der Waals surface area contributed by atoms with Gasteiger partial charge in [0, 0.05) is 57.7 Å². The summed E-state index contributed by atoms with van der Waals surface area (Å²) in [5, 5.41) is 2.96. The number of pyridine rings is 1. The molecule has 0 aromatic carbocycles. The van der Waals surface area contributed by atoms with E-state index < -0.39 is 0 Å². The van der Waals surface area contributed by atoms with E-state index in [1.165, 1.54) is 11.8 Å². The number of anilines is 1. The SMILES string of the molecule is CN(C)c1ncccc1CNC(=O)CCN1CCSC1=O. The van der Waals surface area contributed by atoms with Crippen LogP contribution < -0.4 is 10.2 Å². The highest BCUT2D eigenvalue weighted by Gasteiger charge is 2.21. The third-order valence-corrected chi connectivity index (χ3v) is 4.11. The van der Waals surface area contributed by atoms with Crippen LogP contribution in [0.4, 0.5) is 10.6 Å². The number of nitrogens with zero attached hydrogens (tertiary/aromatic N) is 3. The van der Waals surface area contributed by atoms with Gasteiger partial charge in [0.15, 0.2) is 0 Å². The second kappa shape index (κ2) is 7.31. The smallest absolute Gasteiger partial charge is 0.281 e. The molecule has 1 aliphatic heterocycles. The Hall–Kier alpha value is -1.76. The van der Waals surface area contributed by atoms with Crippen molar-refractivity contribution >= 4 is 28.7 Å². The van der Waals surface area contributed by atoms with Crippen LogP contribution in [-0.2, 0) is 11.3 Å². The Morgan fingerprint density at radius 2 is 2.33 bits per heavy atom. The van der Waals surface area contributed by atoms with Gasteiger partial charge < -0.3 is 15.1 Å². The summed E-state index contributed by atoms with van der Waals surface area (Å²) in [6, 6.07) is 3.80. The Kier molecular flexibility index (Phi) is 5.44. The summed E-state index contributed by atoms with van der Waals surface area (Å²) in [5.41, 5.74) is 0.976. The Morgan fingerprint density at radius 1 is 1.52 bits per heavy atom. The van der Waals surface area contributed by atoms with Gasteiger partial charge in [-0.2, -0.15) is 0 Å². The number of rotatable bonds is 6. The molecule has 1 saturated heterocycles. The first-order chi connectivity index (χ1) is 10.1. The summed E-state index contributed by atoms with van der Waals surface area (Å²) >= 11 is 1.31. The van der Waals surface area contributed by atoms with Gasteiger partial charge in [-0.15, -0.1) is 0 Å². The van der Waals surface area contributed by atoms with Crippen LogP contribution in [0.2, 0.25) is 0 Å². The number of amides is 2. The minimum absolute atomic E-state index is 0.0479. The summed E-state index contributed by atoms with van der Waals surface area (Å²) in [6.07, 6.45) is 2.07. The van der Waals surface area contributed by atoms with Crippen LogP contribution in [0.5, 0.6) is 0 Å². The predicted molar refractivity (Wildman–Crippen MR) is 84.5 cm³/mol. The zero-order valence-electron chi connectivity index (χ0n) is 12.3. The van der Waals surface area contributed by atoms with Gasteiger partial charge in [-0.3, -0.25) is 9.59 Å². The average molecular weight is 308 g/mol. The topological polar surface area (TPSA) is 65.5 Å². The Morgan fingerprint density at radius 3 is 3.00 bits per heavy atom. The lowest BCUT2D eigenvalue weighted by Crippen LogP contribution is -2.31. The first-order valence-corrected chi connectivity index (χ1v) is 7.86. The van der Waals surface area contributed by atoms with E-state index in [0.29, 0.717) is 19.5 Å². The molecule has 1 N–H and O–H groups in total. The summed E-state index contributed by atoms with van der Waals surface area (Å²) < 4.78 is 0. The van der Waals surface area contributed by atoms with Gasteiger partial charge in [0.05, 0.1) is 0 Å². The van der Waals surface area contributed by atoms with E-state index in [2.05, 4.69) is 10.3 Å². The number of nitrogens with one attached hydrogen (secondary N) is 1. The van der Waals surface area contributed by atoms with Crippen molar-refractivity contribution in [2.24, 2.45) is 0 Å². The van der Waals surface area contributed by atoms with Crippen LogP contribution in [0.15, 0.2) is 18.3 Å². The molecule has 2 heterocycles. The van der Waals surface area contributed by atoms with E-state index in [4.69, 9.17) is 0 Å². The maximum Gasteiger partial charge on any atom is 0.281 e. The maximum atomic E-state index is 11.9. The van der Waals surface area contributed by atoms with E-state index >= 15 is 0 Å². The summed E-state index contributed by atoms with van der Waals surface area (Å²) in [5.74, 6) is 1.62. The number of carbonyl (C=O) groups excluding carboxylic acids is 2. The number of aromatic nitrogens is 1. The maximum absolute atomic E-state index is 11.9. The van der Waals surface area contributed by atoms with Gasteiger partial charge in [0.2, 0.25) is 5.91 Å². The predicted octanol–water partition coefficient (Wildman–Crippen LogP) is 1.32. The molecule has 1 aliphatic rings. The van der Waals surface area contributed by atoms with Gasteiger partial charge in [0.25, 0.3) is 5.24 Å². The van der Waals surface area contributed by atoms with Crippen LogP contribution in [0.3, 0.4) is 0 Å². The van der Waals surface area contributed by atoms with E-state index in [-0.39, 0.29) is 11.1 Å². The molecule has 0 saturated carbocycles. The number of carbonyl (C=O) groups is 2. The highest BCUT2D eigenvalue weighted by molar-refractivity contribution is 8.13. The lowest BCUT2D eigenvalue weighted by Gasteiger charge is -2.17. The van der Waals surface area contributed by atoms with Crippen molar-refractivity contribution in [1.82, 2.24) is 15.2 Å². The van der Waals surface area contributed by atoms with Crippen molar-refractivity contribution in [2.75, 3.05) is 37.8 Å². The van der Waals surface area contributed by atoms with Crippen LogP contribution in [0, 0.1) is 0 Å². The zero-order valence-corrected chi connectivity index (χ0v) is 13.2. The molecular formula is C14H20N4O2S. The lowest BCUT2D eigenvalue weighted by atomic mass is 10.2. The Labute approximate surface area is 128 Å². The molecule has 2 amide bonds. The van der Waals surface area contributed by atoms with Crippen molar-refractivity contribution in [3.63, 3.8) is 0 Å². The molecule has 0 spiro atoms. The van der Waals surface area contributed by atoms with Crippen molar-refractivity contribution in [1.29, 1.82) is 0 Å². The largest absolute Gasteiger partial charge is 0.362 e. The normalized spacial score (nSPS) is 14.4. The third kappa shape index (κ3) is 4.35. The van der Waals surface area contributed by atoms with Crippen LogP contribution in [0.25, 0.3) is 0 Å². The molecule has 6 nitrogen and oxygen atoms in total. The van der Waals surface area contributed by atoms with Crippen molar-refractivity contribution in [3.8, 4) is 0 Å². The second-order valence-corrected chi connectivity index (χ2v) is 6.05. The van der Waals surface area contributed by atoms with Crippen molar-refractivity contribution in [2.45, 2.75) is 13.0 Å². The van der Waals surface area contributed by atoms with E-state index in [0.717, 1.165) is 23.7 Å².